The highest BCUT2D eigenvalue weighted by Crippen LogP contribution is 2.41. The molecule has 1 aliphatic heterocycles. The Morgan fingerprint density at radius 3 is 1.73 bits per heavy atom. The van der Waals surface area contributed by atoms with Crippen molar-refractivity contribution in [2.75, 3.05) is 13.2 Å². The SMILES string of the molecule is CCc1cc(OCc2ccc(-c3ccccc3-c3nnn(C(c4ccccc4)(c4ccccc4)c4ccccc4)n3)cc2)c2cc(OCCN3C(=O)c4ccccc4C3=O)ccc2n1. The van der Waals surface area contributed by atoms with E-state index in [0.29, 0.717) is 35.1 Å². The summed E-state index contributed by atoms with van der Waals surface area (Å²) in [5.41, 5.74) is 8.51. The van der Waals surface area contributed by atoms with E-state index in [-0.39, 0.29) is 25.0 Å². The first-order chi connectivity index (χ1) is 31.5. The van der Waals surface area contributed by atoms with Gasteiger partial charge in [-0.2, -0.15) is 0 Å². The molecule has 0 saturated carbocycles. The van der Waals surface area contributed by atoms with Gasteiger partial charge in [-0.25, -0.2) is 0 Å². The van der Waals surface area contributed by atoms with Crippen LogP contribution in [0, 0.1) is 0 Å². The highest BCUT2D eigenvalue weighted by Gasteiger charge is 2.41. The van der Waals surface area contributed by atoms with Crippen molar-refractivity contribution in [2.45, 2.75) is 25.5 Å². The lowest BCUT2D eigenvalue weighted by Gasteiger charge is -2.34. The van der Waals surface area contributed by atoms with Crippen molar-refractivity contribution in [3.05, 3.63) is 227 Å². The molecule has 0 atom stereocenters. The van der Waals surface area contributed by atoms with Crippen LogP contribution in [0.15, 0.2) is 188 Å². The van der Waals surface area contributed by atoms with Gasteiger partial charge in [-0.1, -0.05) is 159 Å². The number of benzene rings is 7. The highest BCUT2D eigenvalue weighted by molar-refractivity contribution is 6.21. The van der Waals surface area contributed by atoms with Crippen molar-refractivity contribution in [3.63, 3.8) is 0 Å². The summed E-state index contributed by atoms with van der Waals surface area (Å²) in [6.45, 7) is 2.67. The number of hydrogen-bond acceptors (Lipinski definition) is 8. The second-order valence-corrected chi connectivity index (χ2v) is 15.5. The molecule has 0 saturated heterocycles. The minimum atomic E-state index is -0.886. The van der Waals surface area contributed by atoms with Gasteiger partial charge in [-0.05, 0) is 75.3 Å². The Bertz CT molecular complexity index is 2990. The minimum Gasteiger partial charge on any atom is -0.492 e. The largest absolute Gasteiger partial charge is 0.492 e. The number of aromatic nitrogens is 5. The molecule has 10 rings (SSSR count). The average molecular weight is 839 g/mol. The van der Waals surface area contributed by atoms with Crippen LogP contribution in [-0.4, -0.2) is 55.1 Å². The fraction of sp³-hybridized carbons (Fsp3) is 0.111. The zero-order valence-corrected chi connectivity index (χ0v) is 35.0. The van der Waals surface area contributed by atoms with Gasteiger partial charge < -0.3 is 9.47 Å². The summed E-state index contributed by atoms with van der Waals surface area (Å²) >= 11 is 0. The second-order valence-electron chi connectivity index (χ2n) is 15.5. The van der Waals surface area contributed by atoms with Crippen molar-refractivity contribution in [1.82, 2.24) is 30.1 Å². The molecule has 3 heterocycles. The molecular formula is C54H42N6O4. The van der Waals surface area contributed by atoms with E-state index in [2.05, 4.69) is 73.7 Å². The fourth-order valence-corrected chi connectivity index (χ4v) is 8.53. The molecule has 1 aliphatic rings. The molecule has 7 aromatic carbocycles. The molecule has 0 bridgehead atoms. The van der Waals surface area contributed by atoms with E-state index in [1.54, 1.807) is 29.1 Å². The van der Waals surface area contributed by atoms with Gasteiger partial charge in [0.15, 0.2) is 5.54 Å². The number of rotatable bonds is 14. The summed E-state index contributed by atoms with van der Waals surface area (Å²) in [7, 11) is 0. The Labute approximate surface area is 370 Å². The first-order valence-corrected chi connectivity index (χ1v) is 21.3. The molecule has 10 nitrogen and oxygen atoms in total. The minimum absolute atomic E-state index is 0.134. The molecule has 0 radical (unpaired) electrons. The monoisotopic (exact) mass is 838 g/mol. The number of nitrogens with zero attached hydrogens (tertiary/aromatic N) is 6. The summed E-state index contributed by atoms with van der Waals surface area (Å²) in [6, 6.07) is 61.9. The number of hydrogen-bond donors (Lipinski definition) is 0. The van der Waals surface area contributed by atoms with Gasteiger partial charge in [0.25, 0.3) is 11.8 Å². The van der Waals surface area contributed by atoms with E-state index in [9.17, 15) is 9.59 Å². The third kappa shape index (κ3) is 7.34. The molecule has 0 aliphatic carbocycles. The maximum Gasteiger partial charge on any atom is 0.261 e. The highest BCUT2D eigenvalue weighted by atomic mass is 16.5. The van der Waals surface area contributed by atoms with Crippen molar-refractivity contribution >= 4 is 22.7 Å². The second kappa shape index (κ2) is 17.3. The van der Waals surface area contributed by atoms with E-state index in [4.69, 9.17) is 29.9 Å². The number of fused-ring (bicyclic) bond motifs is 2. The van der Waals surface area contributed by atoms with Crippen LogP contribution in [0.3, 0.4) is 0 Å². The smallest absolute Gasteiger partial charge is 0.261 e. The van der Waals surface area contributed by atoms with Crippen LogP contribution in [-0.2, 0) is 18.6 Å². The van der Waals surface area contributed by atoms with Gasteiger partial charge >= 0.3 is 0 Å². The molecule has 64 heavy (non-hydrogen) atoms. The zero-order valence-electron chi connectivity index (χ0n) is 35.0. The quantitative estimate of drug-likeness (QED) is 0.0786. The van der Waals surface area contributed by atoms with E-state index < -0.39 is 5.54 Å². The number of carbonyl (C=O) groups is 2. The first kappa shape index (κ1) is 39.9. The molecular weight excluding hydrogens is 797 g/mol. The zero-order chi connectivity index (χ0) is 43.5. The van der Waals surface area contributed by atoms with Crippen LogP contribution < -0.4 is 9.47 Å². The Balaban J connectivity index is 0.891. The van der Waals surface area contributed by atoms with Crippen LogP contribution >= 0.6 is 0 Å². The lowest BCUT2D eigenvalue weighted by Crippen LogP contribution is -2.39. The average Bonchev–Trinajstić information content (AvgIpc) is 3.94. The predicted octanol–water partition coefficient (Wildman–Crippen LogP) is 10.2. The summed E-state index contributed by atoms with van der Waals surface area (Å²) in [6.07, 6.45) is 0.743. The third-order valence-corrected chi connectivity index (χ3v) is 11.7. The van der Waals surface area contributed by atoms with Gasteiger partial charge in [0.1, 0.15) is 24.7 Å². The van der Waals surface area contributed by atoms with Gasteiger partial charge in [-0.15, -0.1) is 15.0 Å². The summed E-state index contributed by atoms with van der Waals surface area (Å²) in [5, 5.41) is 15.5. The Hall–Kier alpha value is -8.24. The van der Waals surface area contributed by atoms with Crippen molar-refractivity contribution in [3.8, 4) is 34.0 Å². The van der Waals surface area contributed by atoms with E-state index in [1.807, 2.05) is 97.1 Å². The number of ether oxygens (including phenoxy) is 2. The number of aryl methyl sites for hydroxylation is 1. The van der Waals surface area contributed by atoms with Crippen LogP contribution in [0.1, 0.15) is 55.6 Å². The third-order valence-electron chi connectivity index (χ3n) is 11.7. The van der Waals surface area contributed by atoms with E-state index in [1.165, 1.54) is 4.90 Å². The summed E-state index contributed by atoms with van der Waals surface area (Å²) < 4.78 is 12.6. The number of pyridine rings is 1. The summed E-state index contributed by atoms with van der Waals surface area (Å²) in [4.78, 5) is 33.5. The van der Waals surface area contributed by atoms with E-state index in [0.717, 1.165) is 62.0 Å². The molecule has 9 aromatic rings. The lowest BCUT2D eigenvalue weighted by molar-refractivity contribution is 0.0631. The maximum absolute atomic E-state index is 12.9. The predicted molar refractivity (Wildman–Crippen MR) is 246 cm³/mol. The Morgan fingerprint density at radius 2 is 1.14 bits per heavy atom. The van der Waals surface area contributed by atoms with Gasteiger partial charge in [0, 0.05) is 22.7 Å². The van der Waals surface area contributed by atoms with Crippen molar-refractivity contribution in [2.24, 2.45) is 0 Å². The Kier molecular flexibility index (Phi) is 10.8. The number of tetrazole rings is 1. The topological polar surface area (TPSA) is 112 Å². The Morgan fingerprint density at radius 1 is 0.578 bits per heavy atom. The van der Waals surface area contributed by atoms with Crippen molar-refractivity contribution < 1.29 is 19.1 Å². The van der Waals surface area contributed by atoms with Crippen LogP contribution in [0.4, 0.5) is 0 Å². The van der Waals surface area contributed by atoms with Gasteiger partial charge in [0.2, 0.25) is 5.82 Å². The number of amides is 2. The molecule has 2 aromatic heterocycles. The lowest BCUT2D eigenvalue weighted by atomic mass is 9.77. The van der Waals surface area contributed by atoms with E-state index >= 15 is 0 Å². The molecule has 2 amide bonds. The molecule has 312 valence electrons. The van der Waals surface area contributed by atoms with Crippen LogP contribution in [0.2, 0.25) is 0 Å². The fourth-order valence-electron chi connectivity index (χ4n) is 8.53. The number of carbonyl (C=O) groups excluding carboxylic acids is 2. The van der Waals surface area contributed by atoms with Crippen LogP contribution in [0.25, 0.3) is 33.4 Å². The van der Waals surface area contributed by atoms with Crippen LogP contribution in [0.5, 0.6) is 11.5 Å². The molecule has 10 heteroatoms. The standard InChI is InChI=1S/C54H42N6O4/c1-2-42-34-50(48-35-43(30-31-49(48)55-42)63-33-32-59-52(61)46-24-14-15-25-47(46)53(59)62)64-36-37-26-28-38(29-27-37)44-22-12-13-23-45(44)51-56-58-60(57-51)54(39-16-6-3-7-17-39,40-18-8-4-9-19-40)41-20-10-5-11-21-41/h3-31,34-35H,2,32-33,36H2,1H3. The van der Waals surface area contributed by atoms with Crippen molar-refractivity contribution in [1.29, 1.82) is 0 Å². The molecule has 0 spiro atoms. The molecule has 0 unspecified atom stereocenters. The molecule has 0 N–H and O–H groups in total. The normalized spacial score (nSPS) is 12.4. The molecule has 0 fully saturated rings. The van der Waals surface area contributed by atoms with Gasteiger partial charge in [0.05, 0.1) is 23.2 Å². The maximum atomic E-state index is 12.9. The number of imide groups is 1. The summed E-state index contributed by atoms with van der Waals surface area (Å²) in [5.74, 6) is 1.18. The first-order valence-electron chi connectivity index (χ1n) is 21.3. The van der Waals surface area contributed by atoms with Gasteiger partial charge in [-0.3, -0.25) is 19.5 Å².